The molecule has 6 nitrogen and oxygen atoms in total. The summed E-state index contributed by atoms with van der Waals surface area (Å²) in [5.74, 6) is -0.325. The first kappa shape index (κ1) is 26.8. The van der Waals surface area contributed by atoms with Crippen LogP contribution in [-0.2, 0) is 9.53 Å². The highest BCUT2D eigenvalue weighted by atomic mass is 16.6. The van der Waals surface area contributed by atoms with Crippen molar-refractivity contribution in [3.63, 3.8) is 0 Å². The molecule has 0 aliphatic rings. The van der Waals surface area contributed by atoms with Gasteiger partial charge in [0, 0.05) is 36.5 Å². The number of non-ortho nitro benzene ring substituents is 1. The van der Waals surface area contributed by atoms with E-state index in [9.17, 15) is 14.9 Å². The molecule has 2 aromatic rings. The lowest BCUT2D eigenvalue weighted by Gasteiger charge is -2.25. The minimum atomic E-state index is -0.394. The predicted molar refractivity (Wildman–Crippen MR) is 140 cm³/mol. The number of hydrogen-bond acceptors (Lipinski definition) is 5. The molecule has 0 aromatic heterocycles. The van der Waals surface area contributed by atoms with Crippen LogP contribution in [0.2, 0.25) is 0 Å². The van der Waals surface area contributed by atoms with Crippen LogP contribution in [0.3, 0.4) is 0 Å². The molecule has 0 aliphatic heterocycles. The molecule has 0 atom stereocenters. The predicted octanol–water partition coefficient (Wildman–Crippen LogP) is 7.05. The normalized spacial score (nSPS) is 10.9. The number of anilines is 1. The van der Waals surface area contributed by atoms with Gasteiger partial charge in [0.25, 0.3) is 5.69 Å². The number of nitro groups is 1. The zero-order valence-corrected chi connectivity index (χ0v) is 20.4. The molecule has 0 saturated carbocycles. The van der Waals surface area contributed by atoms with Crippen LogP contribution >= 0.6 is 0 Å². The van der Waals surface area contributed by atoms with Crippen LogP contribution < -0.4 is 4.90 Å². The first-order valence-electron chi connectivity index (χ1n) is 12.0. The summed E-state index contributed by atoms with van der Waals surface area (Å²) in [5.41, 5.74) is 3.69. The van der Waals surface area contributed by atoms with E-state index in [1.54, 1.807) is 19.1 Å². The van der Waals surface area contributed by atoms with E-state index in [0.717, 1.165) is 43.5 Å². The Morgan fingerprint density at radius 2 is 1.50 bits per heavy atom. The topological polar surface area (TPSA) is 72.7 Å². The van der Waals surface area contributed by atoms with Crippen molar-refractivity contribution in [2.45, 2.75) is 52.4 Å². The summed E-state index contributed by atoms with van der Waals surface area (Å²) in [6.07, 6.45) is 10.6. The van der Waals surface area contributed by atoms with Gasteiger partial charge in [0.15, 0.2) is 0 Å². The molecule has 0 saturated heterocycles. The van der Waals surface area contributed by atoms with E-state index in [1.165, 1.54) is 37.1 Å². The first-order valence-corrected chi connectivity index (χ1v) is 12.0. The minimum Gasteiger partial charge on any atom is -0.462 e. The number of rotatable bonds is 15. The van der Waals surface area contributed by atoms with Crippen molar-refractivity contribution in [3.05, 3.63) is 81.9 Å². The minimum absolute atomic E-state index is 0.0921. The second kappa shape index (κ2) is 14.7. The molecule has 6 heteroatoms. The maximum atomic E-state index is 11.5. The Morgan fingerprint density at radius 1 is 0.941 bits per heavy atom. The van der Waals surface area contributed by atoms with E-state index in [0.29, 0.717) is 12.2 Å². The smallest absolute Gasteiger partial charge is 0.333 e. The van der Waals surface area contributed by atoms with E-state index in [2.05, 4.69) is 42.7 Å². The Balaban J connectivity index is 1.94. The highest BCUT2D eigenvalue weighted by molar-refractivity contribution is 5.86. The van der Waals surface area contributed by atoms with Crippen molar-refractivity contribution >= 4 is 29.5 Å². The van der Waals surface area contributed by atoms with Gasteiger partial charge >= 0.3 is 5.97 Å². The summed E-state index contributed by atoms with van der Waals surface area (Å²) in [5, 5.41) is 10.8. The summed E-state index contributed by atoms with van der Waals surface area (Å²) in [7, 11) is 0. The molecule has 0 aliphatic carbocycles. The molecule has 0 radical (unpaired) electrons. The number of carbonyl (C=O) groups excluding carboxylic acids is 1. The number of unbranched alkanes of at least 4 members (excludes halogenated alkanes) is 4. The lowest BCUT2D eigenvalue weighted by atomic mass is 10.1. The largest absolute Gasteiger partial charge is 0.462 e. The van der Waals surface area contributed by atoms with Crippen LogP contribution in [0.4, 0.5) is 11.4 Å². The second-order valence-corrected chi connectivity index (χ2v) is 8.44. The van der Waals surface area contributed by atoms with Gasteiger partial charge in [-0.25, -0.2) is 4.79 Å². The van der Waals surface area contributed by atoms with Crippen molar-refractivity contribution in [2.75, 3.05) is 24.6 Å². The van der Waals surface area contributed by atoms with E-state index < -0.39 is 4.92 Å². The van der Waals surface area contributed by atoms with E-state index in [1.807, 2.05) is 12.2 Å². The van der Waals surface area contributed by atoms with Crippen LogP contribution in [0.15, 0.2) is 60.7 Å². The van der Waals surface area contributed by atoms with Gasteiger partial charge < -0.3 is 9.64 Å². The first-order chi connectivity index (χ1) is 16.4. The Morgan fingerprint density at radius 3 is 2.03 bits per heavy atom. The highest BCUT2D eigenvalue weighted by Crippen LogP contribution is 2.20. The fourth-order valence-corrected chi connectivity index (χ4v) is 3.49. The Hall–Kier alpha value is -3.41. The molecule has 0 heterocycles. The van der Waals surface area contributed by atoms with Crippen molar-refractivity contribution < 1.29 is 14.5 Å². The molecule has 0 fully saturated rings. The number of nitrogens with zero attached hydrogens (tertiary/aromatic N) is 2. The van der Waals surface area contributed by atoms with Gasteiger partial charge in [-0.15, -0.1) is 0 Å². The molecule has 0 spiro atoms. The maximum absolute atomic E-state index is 11.5. The molecule has 0 N–H and O–H groups in total. The average Bonchev–Trinajstić information content (AvgIpc) is 2.84. The van der Waals surface area contributed by atoms with Crippen molar-refractivity contribution in [1.29, 1.82) is 0 Å². The van der Waals surface area contributed by atoms with Crippen LogP contribution in [0, 0.1) is 10.1 Å². The third kappa shape index (κ3) is 9.61. The van der Waals surface area contributed by atoms with Gasteiger partial charge in [-0.1, -0.05) is 57.0 Å². The third-order valence-corrected chi connectivity index (χ3v) is 5.52. The molecule has 0 unspecified atom stereocenters. The second-order valence-electron chi connectivity index (χ2n) is 8.44. The number of esters is 1. The average molecular weight is 465 g/mol. The number of benzene rings is 2. The molecular weight excluding hydrogens is 428 g/mol. The Labute approximate surface area is 203 Å². The number of nitro benzene ring substituents is 1. The van der Waals surface area contributed by atoms with Crippen LogP contribution in [0.25, 0.3) is 12.2 Å². The molecule has 0 amide bonds. The number of carbonyl (C=O) groups is 1. The lowest BCUT2D eigenvalue weighted by molar-refractivity contribution is -0.384. The van der Waals surface area contributed by atoms with Crippen molar-refractivity contribution in [1.82, 2.24) is 0 Å². The zero-order chi connectivity index (χ0) is 24.8. The third-order valence-electron chi connectivity index (χ3n) is 5.52. The fourth-order valence-electron chi connectivity index (χ4n) is 3.49. The van der Waals surface area contributed by atoms with Gasteiger partial charge in [0.1, 0.15) is 0 Å². The standard InChI is InChI=1S/C28H36N2O4/c1-4-5-6-7-20-29(21-8-9-22-34-28(31)23(2)3)26-16-12-24(13-17-26)10-11-25-14-18-27(19-15-25)30(32)33/h10-19H,2,4-9,20-22H2,1,3H3. The van der Waals surface area contributed by atoms with Gasteiger partial charge in [-0.3, -0.25) is 10.1 Å². The van der Waals surface area contributed by atoms with E-state index in [4.69, 9.17) is 4.74 Å². The maximum Gasteiger partial charge on any atom is 0.333 e. The monoisotopic (exact) mass is 464 g/mol. The van der Waals surface area contributed by atoms with Gasteiger partial charge in [0.2, 0.25) is 0 Å². The summed E-state index contributed by atoms with van der Waals surface area (Å²) in [6.45, 7) is 9.81. The van der Waals surface area contributed by atoms with E-state index in [-0.39, 0.29) is 11.7 Å². The molecule has 0 bridgehead atoms. The molecule has 2 aromatic carbocycles. The zero-order valence-electron chi connectivity index (χ0n) is 20.4. The molecule has 34 heavy (non-hydrogen) atoms. The number of hydrogen-bond donors (Lipinski definition) is 0. The van der Waals surface area contributed by atoms with Crippen LogP contribution in [0.1, 0.15) is 63.5 Å². The molecule has 2 rings (SSSR count). The summed E-state index contributed by atoms with van der Waals surface area (Å²) in [6, 6.07) is 15.0. The number of ether oxygens (including phenoxy) is 1. The lowest BCUT2D eigenvalue weighted by Crippen LogP contribution is -2.26. The summed E-state index contributed by atoms with van der Waals surface area (Å²) in [4.78, 5) is 24.3. The van der Waals surface area contributed by atoms with Gasteiger partial charge in [0.05, 0.1) is 11.5 Å². The Kier molecular flexibility index (Phi) is 11.6. The van der Waals surface area contributed by atoms with Crippen molar-refractivity contribution in [2.24, 2.45) is 0 Å². The quantitative estimate of drug-likeness (QED) is 0.0705. The van der Waals surface area contributed by atoms with Gasteiger partial charge in [-0.05, 0) is 61.6 Å². The van der Waals surface area contributed by atoms with E-state index >= 15 is 0 Å². The molecular formula is C28H36N2O4. The molecule has 182 valence electrons. The Bertz CT molecular complexity index is 949. The highest BCUT2D eigenvalue weighted by Gasteiger charge is 2.08. The summed E-state index contributed by atoms with van der Waals surface area (Å²) >= 11 is 0. The fraction of sp³-hybridized carbons (Fsp3) is 0.393. The SMILES string of the molecule is C=C(C)C(=O)OCCCCN(CCCCCC)c1ccc(C=Cc2ccc([N+](=O)[O-])cc2)cc1. The van der Waals surface area contributed by atoms with Gasteiger partial charge in [-0.2, -0.15) is 0 Å². The summed E-state index contributed by atoms with van der Waals surface area (Å²) < 4.78 is 5.20. The van der Waals surface area contributed by atoms with Crippen LogP contribution in [-0.4, -0.2) is 30.6 Å². The van der Waals surface area contributed by atoms with Crippen LogP contribution in [0.5, 0.6) is 0 Å². The van der Waals surface area contributed by atoms with Crippen molar-refractivity contribution in [3.8, 4) is 0 Å².